The van der Waals surface area contributed by atoms with Crippen molar-refractivity contribution in [3.8, 4) is 0 Å². The summed E-state index contributed by atoms with van der Waals surface area (Å²) in [6.45, 7) is 0. The number of fused-ring (bicyclic) bond motifs is 11. The first-order valence-electron chi connectivity index (χ1n) is 12.8. The fraction of sp³-hybridized carbons (Fsp3) is 0. The standard InChI is InChI=1S/C34H17IN2O/c35-37-26-13-6-10-21-22-11-5-12-23-24-16-15-18-7-1-2-8-19(18)31(24)36(32(22)23)27-17-25-20-9-3-4-14-28(20)38-34(25)33(37)30(27)29(21)26/h1-17H. The highest BCUT2D eigenvalue weighted by Crippen LogP contribution is 2.48. The maximum Gasteiger partial charge on any atom is 0.160 e. The average Bonchev–Trinajstić information content (AvgIpc) is 3.58. The molecule has 38 heavy (non-hydrogen) atoms. The molecule has 4 heterocycles. The SMILES string of the molecule is In1c2cccc3c4cccc5c6ccc7ccccc7c6n(c6cc7c8ccccc8oc7c1c6c32)c45. The van der Waals surface area contributed by atoms with Gasteiger partial charge in [0.2, 0.25) is 0 Å². The Morgan fingerprint density at radius 3 is 2.11 bits per heavy atom. The van der Waals surface area contributed by atoms with Crippen molar-refractivity contribution in [2.75, 3.05) is 0 Å². The van der Waals surface area contributed by atoms with Gasteiger partial charge in [0.05, 0.1) is 44.9 Å². The van der Waals surface area contributed by atoms with Crippen LogP contribution in [0.25, 0.3) is 92.6 Å². The van der Waals surface area contributed by atoms with Crippen LogP contribution in [0.15, 0.2) is 108 Å². The number of furan rings is 1. The predicted molar refractivity (Wildman–Crippen MR) is 168 cm³/mol. The van der Waals surface area contributed by atoms with Crippen molar-refractivity contribution in [1.29, 1.82) is 0 Å². The van der Waals surface area contributed by atoms with Gasteiger partial charge in [-0.05, 0) is 29.0 Å². The molecular formula is C34H17IN2O. The summed E-state index contributed by atoms with van der Waals surface area (Å²) < 4.78 is 11.4. The Hall–Kier alpha value is -4.29. The maximum atomic E-state index is 6.59. The summed E-state index contributed by atoms with van der Waals surface area (Å²) in [5, 5.41) is 12.5. The van der Waals surface area contributed by atoms with E-state index in [1.807, 2.05) is 0 Å². The van der Waals surface area contributed by atoms with Crippen LogP contribution in [0.4, 0.5) is 0 Å². The second kappa shape index (κ2) is 6.58. The predicted octanol–water partition coefficient (Wildman–Crippen LogP) is 10.2. The minimum absolute atomic E-state index is 0.924. The van der Waals surface area contributed by atoms with Gasteiger partial charge in [0, 0.05) is 43.1 Å². The molecule has 0 aliphatic rings. The molecule has 10 aromatic rings. The molecule has 0 aliphatic carbocycles. The van der Waals surface area contributed by atoms with E-state index in [1.54, 1.807) is 0 Å². The highest BCUT2D eigenvalue weighted by molar-refractivity contribution is 14.1. The molecule has 10 rings (SSSR count). The Bertz CT molecular complexity index is 2630. The van der Waals surface area contributed by atoms with Crippen LogP contribution >= 0.6 is 22.9 Å². The molecule has 0 saturated carbocycles. The first-order valence-corrected chi connectivity index (χ1v) is 13.8. The Morgan fingerprint density at radius 2 is 1.18 bits per heavy atom. The summed E-state index contributed by atoms with van der Waals surface area (Å²) in [6, 6.07) is 37.6. The van der Waals surface area contributed by atoms with Crippen molar-refractivity contribution in [2.24, 2.45) is 0 Å². The number of benzene rings is 6. The largest absolute Gasteiger partial charge is 0.454 e. The molecule has 0 radical (unpaired) electrons. The van der Waals surface area contributed by atoms with Gasteiger partial charge in [-0.15, -0.1) is 0 Å². The monoisotopic (exact) mass is 596 g/mol. The summed E-state index contributed by atoms with van der Waals surface area (Å²) in [5.41, 5.74) is 7.98. The van der Waals surface area contributed by atoms with E-state index in [4.69, 9.17) is 4.42 Å². The zero-order valence-corrected chi connectivity index (χ0v) is 22.2. The quantitative estimate of drug-likeness (QED) is 0.160. The van der Waals surface area contributed by atoms with Gasteiger partial charge in [0.25, 0.3) is 0 Å². The molecule has 3 nitrogen and oxygen atoms in total. The summed E-state index contributed by atoms with van der Waals surface area (Å²) >= 11 is 2.46. The fourth-order valence-corrected chi connectivity index (χ4v) is 7.90. The lowest BCUT2D eigenvalue weighted by molar-refractivity contribution is 0.672. The second-order valence-electron chi connectivity index (χ2n) is 10.3. The van der Waals surface area contributed by atoms with E-state index in [1.165, 1.54) is 65.2 Å². The molecule has 0 spiro atoms. The lowest BCUT2D eigenvalue weighted by atomic mass is 10.0. The minimum atomic E-state index is 0.924. The Balaban J connectivity index is 1.70. The molecule has 176 valence electrons. The molecule has 0 fully saturated rings. The fourth-order valence-electron chi connectivity index (χ4n) is 7.04. The summed E-state index contributed by atoms with van der Waals surface area (Å²) in [5.74, 6) is 0. The molecule has 0 atom stereocenters. The Morgan fingerprint density at radius 1 is 0.500 bits per heavy atom. The van der Waals surface area contributed by atoms with Crippen molar-refractivity contribution in [2.45, 2.75) is 0 Å². The van der Waals surface area contributed by atoms with Crippen LogP contribution in [0.5, 0.6) is 0 Å². The first-order chi connectivity index (χ1) is 18.8. The van der Waals surface area contributed by atoms with Crippen LogP contribution < -0.4 is 0 Å². The lowest BCUT2D eigenvalue weighted by Crippen LogP contribution is -1.88. The zero-order chi connectivity index (χ0) is 24.7. The van der Waals surface area contributed by atoms with E-state index < -0.39 is 0 Å². The first kappa shape index (κ1) is 19.8. The molecule has 0 bridgehead atoms. The number of para-hydroxylation sites is 2. The normalized spacial score (nSPS) is 12.9. The van der Waals surface area contributed by atoms with Crippen LogP contribution in [0.1, 0.15) is 0 Å². The second-order valence-corrected chi connectivity index (χ2v) is 11.3. The minimum Gasteiger partial charge on any atom is -0.454 e. The topological polar surface area (TPSA) is 22.5 Å². The van der Waals surface area contributed by atoms with Crippen LogP contribution in [0.2, 0.25) is 0 Å². The molecular weight excluding hydrogens is 579 g/mol. The van der Waals surface area contributed by atoms with Gasteiger partial charge in [-0.2, -0.15) is 0 Å². The summed E-state index contributed by atoms with van der Waals surface area (Å²) in [6.07, 6.45) is 0. The lowest BCUT2D eigenvalue weighted by Gasteiger charge is -2.06. The van der Waals surface area contributed by atoms with E-state index in [2.05, 4.69) is 133 Å². The highest BCUT2D eigenvalue weighted by Gasteiger charge is 2.25. The highest BCUT2D eigenvalue weighted by atomic mass is 127. The molecule has 0 saturated heterocycles. The van der Waals surface area contributed by atoms with Crippen molar-refractivity contribution in [1.82, 2.24) is 7.18 Å². The van der Waals surface area contributed by atoms with Gasteiger partial charge in [-0.25, -0.2) is 0 Å². The van der Waals surface area contributed by atoms with E-state index in [-0.39, 0.29) is 0 Å². The van der Waals surface area contributed by atoms with Gasteiger partial charge < -0.3 is 8.82 Å². The number of aromatic nitrogens is 2. The van der Waals surface area contributed by atoms with Crippen LogP contribution in [0, 0.1) is 0 Å². The molecule has 6 aromatic carbocycles. The van der Waals surface area contributed by atoms with E-state index >= 15 is 0 Å². The van der Waals surface area contributed by atoms with Crippen LogP contribution in [0.3, 0.4) is 0 Å². The van der Waals surface area contributed by atoms with E-state index in [0.29, 0.717) is 0 Å². The van der Waals surface area contributed by atoms with Gasteiger partial charge in [-0.1, -0.05) is 84.9 Å². The van der Waals surface area contributed by atoms with Gasteiger partial charge in [0.15, 0.2) is 5.58 Å². The maximum absolute atomic E-state index is 6.59. The van der Waals surface area contributed by atoms with E-state index in [0.717, 1.165) is 27.5 Å². The van der Waals surface area contributed by atoms with Crippen molar-refractivity contribution >= 4 is 115 Å². The third kappa shape index (κ3) is 2.12. The summed E-state index contributed by atoms with van der Waals surface area (Å²) in [7, 11) is 0. The van der Waals surface area contributed by atoms with E-state index in [9.17, 15) is 0 Å². The smallest absolute Gasteiger partial charge is 0.160 e. The number of nitrogens with zero attached hydrogens (tertiary/aromatic N) is 2. The van der Waals surface area contributed by atoms with Crippen molar-refractivity contribution in [3.05, 3.63) is 103 Å². The molecule has 0 aliphatic heterocycles. The Kier molecular flexibility index (Phi) is 3.42. The third-order valence-electron chi connectivity index (χ3n) is 8.53. The Labute approximate surface area is 229 Å². The number of hydrogen-bond acceptors (Lipinski definition) is 1. The number of rotatable bonds is 0. The molecule has 4 aromatic heterocycles. The summed E-state index contributed by atoms with van der Waals surface area (Å²) in [4.78, 5) is 0. The molecule has 4 heteroatoms. The number of hydrogen-bond donors (Lipinski definition) is 0. The van der Waals surface area contributed by atoms with Crippen molar-refractivity contribution in [3.63, 3.8) is 0 Å². The van der Waals surface area contributed by atoms with Gasteiger partial charge in [-0.3, -0.25) is 2.78 Å². The van der Waals surface area contributed by atoms with Crippen LogP contribution in [-0.4, -0.2) is 7.18 Å². The zero-order valence-electron chi connectivity index (χ0n) is 20.0. The third-order valence-corrected chi connectivity index (χ3v) is 9.53. The van der Waals surface area contributed by atoms with Crippen LogP contribution in [-0.2, 0) is 0 Å². The number of halogens is 1. The molecule has 0 N–H and O–H groups in total. The molecule has 0 unspecified atom stereocenters. The van der Waals surface area contributed by atoms with Gasteiger partial charge in [0.1, 0.15) is 11.1 Å². The molecule has 0 amide bonds. The average molecular weight is 596 g/mol. The van der Waals surface area contributed by atoms with Crippen molar-refractivity contribution < 1.29 is 4.42 Å². The van der Waals surface area contributed by atoms with Gasteiger partial charge >= 0.3 is 0 Å².